The highest BCUT2D eigenvalue weighted by Gasteiger charge is 2.33. The Morgan fingerprint density at radius 3 is 2.52 bits per heavy atom. The summed E-state index contributed by atoms with van der Waals surface area (Å²) in [7, 11) is 0. The summed E-state index contributed by atoms with van der Waals surface area (Å²) in [5.74, 6) is -0.0329. The Bertz CT molecular complexity index is 976. The second-order valence-electron chi connectivity index (χ2n) is 5.84. The van der Waals surface area contributed by atoms with Gasteiger partial charge in [0.05, 0.1) is 22.6 Å². The summed E-state index contributed by atoms with van der Waals surface area (Å²) < 4.78 is 52.6. The van der Waals surface area contributed by atoms with Crippen molar-refractivity contribution >= 4 is 17.1 Å². The normalized spacial score (nSPS) is 17.0. The zero-order valence-electron chi connectivity index (χ0n) is 12.6. The molecule has 4 rings (SSSR count). The van der Waals surface area contributed by atoms with Gasteiger partial charge in [-0.2, -0.15) is 13.2 Å². The third-order valence-corrected chi connectivity index (χ3v) is 4.18. The third kappa shape index (κ3) is 2.63. The van der Waals surface area contributed by atoms with E-state index in [1.54, 1.807) is 0 Å². The quantitative estimate of drug-likeness (QED) is 0.710. The Kier molecular flexibility index (Phi) is 3.31. The zero-order valence-corrected chi connectivity index (χ0v) is 12.6. The SMILES string of the molecule is O=C1N[C@H](Cc2ccc(C(F)(F)F)cc2)c2nc3cc(F)ccc3n21. The summed E-state index contributed by atoms with van der Waals surface area (Å²) in [6, 6.07) is 7.84. The molecule has 2 aromatic carbocycles. The second kappa shape index (κ2) is 5.30. The predicted molar refractivity (Wildman–Crippen MR) is 81.5 cm³/mol. The van der Waals surface area contributed by atoms with E-state index in [0.717, 1.165) is 12.1 Å². The molecule has 1 amide bonds. The molecule has 0 fully saturated rings. The number of carbonyl (C=O) groups is 1. The molecule has 0 saturated carbocycles. The van der Waals surface area contributed by atoms with Crippen LogP contribution in [0.5, 0.6) is 0 Å². The molecule has 0 saturated heterocycles. The largest absolute Gasteiger partial charge is 0.416 e. The van der Waals surface area contributed by atoms with Crippen molar-refractivity contribution in [3.8, 4) is 0 Å². The topological polar surface area (TPSA) is 46.9 Å². The molecule has 1 aromatic heterocycles. The number of hydrogen-bond donors (Lipinski definition) is 1. The van der Waals surface area contributed by atoms with E-state index < -0.39 is 23.6 Å². The zero-order chi connectivity index (χ0) is 17.8. The van der Waals surface area contributed by atoms with Crippen LogP contribution >= 0.6 is 0 Å². The molecular weight excluding hydrogens is 338 g/mol. The Balaban J connectivity index is 1.66. The van der Waals surface area contributed by atoms with Crippen molar-refractivity contribution < 1.29 is 22.4 Å². The van der Waals surface area contributed by atoms with E-state index >= 15 is 0 Å². The number of hydrogen-bond acceptors (Lipinski definition) is 2. The van der Waals surface area contributed by atoms with Gasteiger partial charge in [-0.3, -0.25) is 0 Å². The molecule has 0 unspecified atom stereocenters. The summed E-state index contributed by atoms with van der Waals surface area (Å²) in [6.45, 7) is 0. The van der Waals surface area contributed by atoms with Gasteiger partial charge >= 0.3 is 12.2 Å². The Morgan fingerprint density at radius 1 is 1.12 bits per heavy atom. The van der Waals surface area contributed by atoms with Gasteiger partial charge in [-0.05, 0) is 36.2 Å². The number of carbonyl (C=O) groups excluding carboxylic acids is 1. The van der Waals surface area contributed by atoms with Crippen molar-refractivity contribution in [2.75, 3.05) is 0 Å². The van der Waals surface area contributed by atoms with Crippen LogP contribution in [-0.4, -0.2) is 15.6 Å². The molecule has 128 valence electrons. The maximum absolute atomic E-state index is 13.3. The fourth-order valence-corrected chi connectivity index (χ4v) is 3.01. The maximum atomic E-state index is 13.3. The van der Waals surface area contributed by atoms with Crippen LogP contribution in [0.25, 0.3) is 11.0 Å². The molecular formula is C17H11F4N3O. The molecule has 1 aliphatic heterocycles. The predicted octanol–water partition coefficient (Wildman–Crippen LogP) is 4.05. The van der Waals surface area contributed by atoms with Crippen LogP contribution in [0.4, 0.5) is 22.4 Å². The molecule has 2 heterocycles. The molecule has 25 heavy (non-hydrogen) atoms. The monoisotopic (exact) mass is 349 g/mol. The second-order valence-corrected chi connectivity index (χ2v) is 5.84. The highest BCUT2D eigenvalue weighted by molar-refractivity contribution is 5.92. The minimum absolute atomic E-state index is 0.287. The molecule has 1 atom stereocenters. The summed E-state index contributed by atoms with van der Waals surface area (Å²) in [5.41, 5.74) is 0.755. The molecule has 1 N–H and O–H groups in total. The van der Waals surface area contributed by atoms with Crippen molar-refractivity contribution in [1.29, 1.82) is 0 Å². The van der Waals surface area contributed by atoms with Crippen molar-refractivity contribution in [2.24, 2.45) is 0 Å². The molecule has 4 nitrogen and oxygen atoms in total. The van der Waals surface area contributed by atoms with Gasteiger partial charge in [0.2, 0.25) is 0 Å². The molecule has 3 aromatic rings. The lowest BCUT2D eigenvalue weighted by atomic mass is 10.0. The number of aromatic nitrogens is 2. The lowest BCUT2D eigenvalue weighted by Gasteiger charge is -2.11. The van der Waals surface area contributed by atoms with Crippen molar-refractivity contribution in [1.82, 2.24) is 14.9 Å². The first-order valence-corrected chi connectivity index (χ1v) is 7.48. The van der Waals surface area contributed by atoms with Crippen molar-refractivity contribution in [3.05, 3.63) is 65.2 Å². The molecule has 0 radical (unpaired) electrons. The smallest absolute Gasteiger partial charge is 0.327 e. The maximum Gasteiger partial charge on any atom is 0.416 e. The lowest BCUT2D eigenvalue weighted by Crippen LogP contribution is -2.22. The van der Waals surface area contributed by atoms with Crippen molar-refractivity contribution in [2.45, 2.75) is 18.6 Å². The van der Waals surface area contributed by atoms with Gasteiger partial charge in [-0.25, -0.2) is 18.7 Å². The van der Waals surface area contributed by atoms with E-state index in [2.05, 4.69) is 10.3 Å². The number of alkyl halides is 3. The van der Waals surface area contributed by atoms with E-state index in [0.29, 0.717) is 22.4 Å². The van der Waals surface area contributed by atoms with E-state index in [4.69, 9.17) is 0 Å². The van der Waals surface area contributed by atoms with Crippen LogP contribution in [0.2, 0.25) is 0 Å². The summed E-state index contributed by atoms with van der Waals surface area (Å²) >= 11 is 0. The number of rotatable bonds is 2. The van der Waals surface area contributed by atoms with E-state index in [-0.39, 0.29) is 12.5 Å². The number of amides is 1. The fraction of sp³-hybridized carbons (Fsp3) is 0.176. The summed E-state index contributed by atoms with van der Waals surface area (Å²) in [5, 5.41) is 2.74. The van der Waals surface area contributed by atoms with Crippen LogP contribution in [0.15, 0.2) is 42.5 Å². The number of benzene rings is 2. The van der Waals surface area contributed by atoms with E-state index in [1.807, 2.05) is 0 Å². The fourth-order valence-electron chi connectivity index (χ4n) is 3.01. The standard InChI is InChI=1S/C17H11F4N3O/c18-11-5-6-14-12(8-11)22-15-13(23-16(25)24(14)15)7-9-1-3-10(4-2-9)17(19,20)21/h1-6,8,13H,7H2,(H,23,25)/t13-/m1/s1. The highest BCUT2D eigenvalue weighted by Crippen LogP contribution is 2.31. The van der Waals surface area contributed by atoms with Gasteiger partial charge in [0.15, 0.2) is 0 Å². The summed E-state index contributed by atoms with van der Waals surface area (Å²) in [6.07, 6.45) is -4.10. The minimum atomic E-state index is -4.39. The average Bonchev–Trinajstić information content (AvgIpc) is 3.05. The summed E-state index contributed by atoms with van der Waals surface area (Å²) in [4.78, 5) is 16.5. The Labute approximate surface area is 139 Å². The number of fused-ring (bicyclic) bond motifs is 3. The van der Waals surface area contributed by atoms with Crippen LogP contribution in [0.3, 0.4) is 0 Å². The lowest BCUT2D eigenvalue weighted by molar-refractivity contribution is -0.137. The first-order chi connectivity index (χ1) is 11.8. The number of imidazole rings is 1. The minimum Gasteiger partial charge on any atom is -0.327 e. The van der Waals surface area contributed by atoms with E-state index in [1.165, 1.54) is 34.9 Å². The van der Waals surface area contributed by atoms with Crippen LogP contribution in [0.1, 0.15) is 23.0 Å². The van der Waals surface area contributed by atoms with Gasteiger partial charge < -0.3 is 5.32 Å². The molecule has 0 aliphatic carbocycles. The van der Waals surface area contributed by atoms with E-state index in [9.17, 15) is 22.4 Å². The number of nitrogens with one attached hydrogen (secondary N) is 1. The van der Waals surface area contributed by atoms with Gasteiger partial charge in [0.1, 0.15) is 11.6 Å². The number of halogens is 4. The molecule has 8 heteroatoms. The highest BCUT2D eigenvalue weighted by atomic mass is 19.4. The van der Waals surface area contributed by atoms with Gasteiger partial charge in [0.25, 0.3) is 0 Å². The van der Waals surface area contributed by atoms with Crippen LogP contribution in [-0.2, 0) is 12.6 Å². The van der Waals surface area contributed by atoms with Crippen LogP contribution < -0.4 is 5.32 Å². The molecule has 1 aliphatic rings. The van der Waals surface area contributed by atoms with Gasteiger partial charge in [-0.1, -0.05) is 12.1 Å². The van der Waals surface area contributed by atoms with Gasteiger partial charge in [-0.15, -0.1) is 0 Å². The Hall–Kier alpha value is -2.90. The number of nitrogens with zero attached hydrogens (tertiary/aromatic N) is 2. The first kappa shape index (κ1) is 15.6. The molecule has 0 spiro atoms. The first-order valence-electron chi connectivity index (χ1n) is 7.48. The third-order valence-electron chi connectivity index (χ3n) is 4.18. The average molecular weight is 349 g/mol. The van der Waals surface area contributed by atoms with Gasteiger partial charge in [0, 0.05) is 6.07 Å². The molecule has 0 bridgehead atoms. The van der Waals surface area contributed by atoms with Crippen LogP contribution in [0, 0.1) is 5.82 Å². The Morgan fingerprint density at radius 2 is 1.84 bits per heavy atom. The van der Waals surface area contributed by atoms with Crippen molar-refractivity contribution in [3.63, 3.8) is 0 Å².